The number of rotatable bonds is 5. The van der Waals surface area contributed by atoms with Crippen molar-refractivity contribution in [1.29, 1.82) is 0 Å². The van der Waals surface area contributed by atoms with Crippen LogP contribution in [0.3, 0.4) is 0 Å². The van der Waals surface area contributed by atoms with Gasteiger partial charge < -0.3 is 15.3 Å². The second-order valence-electron chi connectivity index (χ2n) is 6.97. The molecule has 4 aromatic rings. The Balaban J connectivity index is 1.74. The monoisotopic (exact) mass is 332 g/mol. The highest BCUT2D eigenvalue weighted by atomic mass is 16.1. The van der Waals surface area contributed by atoms with Crippen molar-refractivity contribution >= 4 is 28.3 Å². The number of para-hydroxylation sites is 1. The zero-order valence-electron chi connectivity index (χ0n) is 14.3. The van der Waals surface area contributed by atoms with E-state index in [0.717, 1.165) is 40.0 Å². The van der Waals surface area contributed by atoms with Gasteiger partial charge in [0.2, 0.25) is 6.41 Å². The molecule has 5 heteroatoms. The number of imidazole rings is 1. The lowest BCUT2D eigenvalue weighted by molar-refractivity contribution is -0.109. The van der Waals surface area contributed by atoms with E-state index in [4.69, 9.17) is 4.98 Å². The summed E-state index contributed by atoms with van der Waals surface area (Å²) in [5.41, 5.74) is 4.99. The number of aromatic amines is 2. The molecule has 0 bridgehead atoms. The number of hydrogen-bond acceptors (Lipinski definition) is 2. The SMILES string of the molecule is CC(C)(CNC=O)c1ccc2nc(-c3cc4ccccc4[nH]3)[nH]c2c1. The highest BCUT2D eigenvalue weighted by molar-refractivity contribution is 5.87. The Morgan fingerprint density at radius 3 is 2.72 bits per heavy atom. The van der Waals surface area contributed by atoms with E-state index >= 15 is 0 Å². The maximum atomic E-state index is 10.6. The van der Waals surface area contributed by atoms with Crippen LogP contribution in [0.15, 0.2) is 48.5 Å². The molecule has 0 saturated heterocycles. The van der Waals surface area contributed by atoms with Crippen LogP contribution in [0, 0.1) is 0 Å². The van der Waals surface area contributed by atoms with Crippen molar-refractivity contribution in [3.8, 4) is 11.5 Å². The first kappa shape index (κ1) is 15.4. The van der Waals surface area contributed by atoms with E-state index in [1.54, 1.807) is 0 Å². The van der Waals surface area contributed by atoms with Gasteiger partial charge in [-0.1, -0.05) is 38.1 Å². The molecular formula is C20H20N4O. The van der Waals surface area contributed by atoms with Gasteiger partial charge in [0.1, 0.15) is 0 Å². The molecule has 0 unspecified atom stereocenters. The number of benzene rings is 2. The molecule has 0 atom stereocenters. The average molecular weight is 332 g/mol. The second kappa shape index (κ2) is 5.77. The average Bonchev–Trinajstić information content (AvgIpc) is 3.22. The number of carbonyl (C=O) groups is 1. The molecule has 0 radical (unpaired) electrons. The number of nitrogens with one attached hydrogen (secondary N) is 3. The zero-order chi connectivity index (χ0) is 17.4. The van der Waals surface area contributed by atoms with Crippen molar-refractivity contribution < 1.29 is 4.79 Å². The Bertz CT molecular complexity index is 1020. The van der Waals surface area contributed by atoms with Crippen LogP contribution < -0.4 is 5.32 Å². The molecule has 0 aliphatic rings. The summed E-state index contributed by atoms with van der Waals surface area (Å²) in [5.74, 6) is 0.826. The second-order valence-corrected chi connectivity index (χ2v) is 6.97. The fourth-order valence-electron chi connectivity index (χ4n) is 3.16. The fraction of sp³-hybridized carbons (Fsp3) is 0.200. The molecule has 1 amide bonds. The molecule has 0 saturated carbocycles. The van der Waals surface area contributed by atoms with Crippen molar-refractivity contribution in [3.63, 3.8) is 0 Å². The maximum Gasteiger partial charge on any atom is 0.207 e. The van der Waals surface area contributed by atoms with Crippen LogP contribution in [0.4, 0.5) is 0 Å². The van der Waals surface area contributed by atoms with E-state index in [-0.39, 0.29) is 5.41 Å². The van der Waals surface area contributed by atoms with Crippen LogP contribution in [-0.4, -0.2) is 27.9 Å². The summed E-state index contributed by atoms with van der Waals surface area (Å²) in [7, 11) is 0. The van der Waals surface area contributed by atoms with Gasteiger partial charge in [-0.25, -0.2) is 4.98 Å². The lowest BCUT2D eigenvalue weighted by Crippen LogP contribution is -2.32. The molecule has 5 nitrogen and oxygen atoms in total. The molecule has 2 heterocycles. The molecule has 0 aliphatic carbocycles. The Morgan fingerprint density at radius 1 is 1.08 bits per heavy atom. The van der Waals surface area contributed by atoms with E-state index in [1.807, 2.05) is 18.2 Å². The predicted octanol–water partition coefficient (Wildman–Crippen LogP) is 3.73. The van der Waals surface area contributed by atoms with Crippen molar-refractivity contribution in [2.45, 2.75) is 19.3 Å². The number of aromatic nitrogens is 3. The highest BCUT2D eigenvalue weighted by Gasteiger charge is 2.21. The van der Waals surface area contributed by atoms with Crippen molar-refractivity contribution in [2.75, 3.05) is 6.54 Å². The molecule has 3 N–H and O–H groups in total. The number of amides is 1. The summed E-state index contributed by atoms with van der Waals surface area (Å²) in [6.07, 6.45) is 0.741. The van der Waals surface area contributed by atoms with Gasteiger partial charge >= 0.3 is 0 Å². The summed E-state index contributed by atoms with van der Waals surface area (Å²) >= 11 is 0. The maximum absolute atomic E-state index is 10.6. The molecule has 25 heavy (non-hydrogen) atoms. The summed E-state index contributed by atoms with van der Waals surface area (Å²) in [4.78, 5) is 22.1. The lowest BCUT2D eigenvalue weighted by Gasteiger charge is -2.24. The van der Waals surface area contributed by atoms with Gasteiger partial charge in [-0.05, 0) is 29.8 Å². The third-order valence-corrected chi connectivity index (χ3v) is 4.68. The number of fused-ring (bicyclic) bond motifs is 2. The lowest BCUT2D eigenvalue weighted by atomic mass is 9.84. The van der Waals surface area contributed by atoms with E-state index in [1.165, 1.54) is 5.39 Å². The Morgan fingerprint density at radius 2 is 1.92 bits per heavy atom. The number of H-pyrrole nitrogens is 2. The van der Waals surface area contributed by atoms with E-state index in [9.17, 15) is 4.79 Å². The van der Waals surface area contributed by atoms with Crippen LogP contribution in [0.1, 0.15) is 19.4 Å². The van der Waals surface area contributed by atoms with Gasteiger partial charge in [-0.15, -0.1) is 0 Å². The Kier molecular flexibility index (Phi) is 3.57. The van der Waals surface area contributed by atoms with Gasteiger partial charge in [0.05, 0.1) is 16.7 Å². The van der Waals surface area contributed by atoms with Crippen LogP contribution in [0.25, 0.3) is 33.5 Å². The summed E-state index contributed by atoms with van der Waals surface area (Å²) < 4.78 is 0. The summed E-state index contributed by atoms with van der Waals surface area (Å²) in [6, 6.07) is 16.5. The first-order valence-electron chi connectivity index (χ1n) is 8.32. The van der Waals surface area contributed by atoms with Gasteiger partial charge in [0, 0.05) is 22.9 Å². The minimum Gasteiger partial charge on any atom is -0.358 e. The minimum atomic E-state index is -0.151. The Hall–Kier alpha value is -3.08. The van der Waals surface area contributed by atoms with E-state index < -0.39 is 0 Å². The molecule has 2 aromatic carbocycles. The van der Waals surface area contributed by atoms with Crippen molar-refractivity contribution in [2.24, 2.45) is 0 Å². The van der Waals surface area contributed by atoms with Crippen LogP contribution in [0.5, 0.6) is 0 Å². The van der Waals surface area contributed by atoms with Crippen LogP contribution >= 0.6 is 0 Å². The normalized spacial score (nSPS) is 11.9. The number of carbonyl (C=O) groups excluding carboxylic acids is 1. The van der Waals surface area contributed by atoms with Crippen LogP contribution in [-0.2, 0) is 10.2 Å². The van der Waals surface area contributed by atoms with Crippen molar-refractivity contribution in [3.05, 3.63) is 54.1 Å². The topological polar surface area (TPSA) is 73.6 Å². The molecule has 4 rings (SSSR count). The third-order valence-electron chi connectivity index (χ3n) is 4.68. The van der Waals surface area contributed by atoms with Gasteiger partial charge in [0.25, 0.3) is 0 Å². The number of hydrogen-bond donors (Lipinski definition) is 3. The molecule has 0 spiro atoms. The molecule has 0 fully saturated rings. The molecule has 126 valence electrons. The number of nitrogens with zero attached hydrogens (tertiary/aromatic N) is 1. The predicted molar refractivity (Wildman–Crippen MR) is 100 cm³/mol. The van der Waals surface area contributed by atoms with Crippen LogP contribution in [0.2, 0.25) is 0 Å². The first-order valence-corrected chi connectivity index (χ1v) is 8.32. The zero-order valence-corrected chi connectivity index (χ0v) is 14.3. The summed E-state index contributed by atoms with van der Waals surface area (Å²) in [5, 5.41) is 3.94. The largest absolute Gasteiger partial charge is 0.358 e. The third kappa shape index (κ3) is 2.78. The van der Waals surface area contributed by atoms with E-state index in [2.05, 4.69) is 59.5 Å². The van der Waals surface area contributed by atoms with E-state index in [0.29, 0.717) is 6.54 Å². The molecule has 2 aromatic heterocycles. The first-order chi connectivity index (χ1) is 12.1. The molecular weight excluding hydrogens is 312 g/mol. The Labute approximate surface area is 145 Å². The van der Waals surface area contributed by atoms with Gasteiger partial charge in [0.15, 0.2) is 5.82 Å². The van der Waals surface area contributed by atoms with Crippen molar-refractivity contribution in [1.82, 2.24) is 20.3 Å². The van der Waals surface area contributed by atoms with Gasteiger partial charge in [-0.3, -0.25) is 4.79 Å². The highest BCUT2D eigenvalue weighted by Crippen LogP contribution is 2.28. The standard InChI is InChI=1S/C20H20N4O/c1-20(2,11-21-12-25)14-7-8-16-17(10-14)24-19(23-16)18-9-13-5-3-4-6-15(13)22-18/h3-10,12,22H,11H2,1-2H3,(H,21,25)(H,23,24). The fourth-order valence-corrected chi connectivity index (χ4v) is 3.16. The smallest absolute Gasteiger partial charge is 0.207 e. The quantitative estimate of drug-likeness (QED) is 0.487. The molecule has 0 aliphatic heterocycles. The minimum absolute atomic E-state index is 0.151. The summed E-state index contributed by atoms with van der Waals surface area (Å²) in [6.45, 7) is 4.81. The van der Waals surface area contributed by atoms with Gasteiger partial charge in [-0.2, -0.15) is 0 Å².